The SMILES string of the molecule is Cc1nc2ccc(NC3CCCNC3)cc2[nH]1. The van der Waals surface area contributed by atoms with Gasteiger partial charge >= 0.3 is 0 Å². The van der Waals surface area contributed by atoms with Gasteiger partial charge in [0, 0.05) is 18.3 Å². The standard InChI is InChI=1S/C13H18N4/c1-9-15-12-5-4-10(7-13(12)16-9)17-11-3-2-6-14-8-11/h4-5,7,11,14,17H,2-3,6,8H2,1H3,(H,15,16). The van der Waals surface area contributed by atoms with Crippen LogP contribution in [0.3, 0.4) is 0 Å². The zero-order valence-electron chi connectivity index (χ0n) is 10.1. The van der Waals surface area contributed by atoms with Gasteiger partial charge in [0.2, 0.25) is 0 Å². The molecule has 0 spiro atoms. The van der Waals surface area contributed by atoms with Crippen molar-refractivity contribution >= 4 is 16.7 Å². The zero-order valence-corrected chi connectivity index (χ0v) is 10.1. The van der Waals surface area contributed by atoms with Crippen molar-refractivity contribution in [1.29, 1.82) is 0 Å². The van der Waals surface area contributed by atoms with E-state index in [9.17, 15) is 0 Å². The molecule has 90 valence electrons. The highest BCUT2D eigenvalue weighted by Crippen LogP contribution is 2.19. The largest absolute Gasteiger partial charge is 0.381 e. The minimum absolute atomic E-state index is 0.546. The van der Waals surface area contributed by atoms with E-state index < -0.39 is 0 Å². The molecule has 0 bridgehead atoms. The van der Waals surface area contributed by atoms with Crippen LogP contribution in [-0.4, -0.2) is 29.1 Å². The third-order valence-corrected chi connectivity index (χ3v) is 3.27. The van der Waals surface area contributed by atoms with E-state index in [4.69, 9.17) is 0 Å². The number of benzene rings is 1. The van der Waals surface area contributed by atoms with Gasteiger partial charge in [0.1, 0.15) is 5.82 Å². The normalized spacial score (nSPS) is 20.6. The molecule has 1 saturated heterocycles. The molecular weight excluding hydrogens is 212 g/mol. The second-order valence-electron chi connectivity index (χ2n) is 4.74. The number of aromatic amines is 1. The number of rotatable bonds is 2. The van der Waals surface area contributed by atoms with Crippen LogP contribution in [0.5, 0.6) is 0 Å². The molecule has 4 nitrogen and oxygen atoms in total. The number of hydrogen-bond acceptors (Lipinski definition) is 3. The molecule has 1 aliphatic rings. The molecule has 1 atom stereocenters. The lowest BCUT2D eigenvalue weighted by atomic mass is 10.1. The number of imidazole rings is 1. The molecule has 1 aromatic carbocycles. The molecule has 17 heavy (non-hydrogen) atoms. The Morgan fingerprint density at radius 1 is 1.41 bits per heavy atom. The lowest BCUT2D eigenvalue weighted by Gasteiger charge is -2.24. The first-order valence-electron chi connectivity index (χ1n) is 6.25. The van der Waals surface area contributed by atoms with Crippen LogP contribution < -0.4 is 10.6 Å². The topological polar surface area (TPSA) is 52.7 Å². The van der Waals surface area contributed by atoms with Gasteiger partial charge in [-0.2, -0.15) is 0 Å². The molecule has 0 saturated carbocycles. The zero-order chi connectivity index (χ0) is 11.7. The number of piperidine rings is 1. The van der Waals surface area contributed by atoms with Crippen LogP contribution in [0.2, 0.25) is 0 Å². The highest BCUT2D eigenvalue weighted by Gasteiger charge is 2.12. The lowest BCUT2D eigenvalue weighted by Crippen LogP contribution is -2.38. The molecule has 3 N–H and O–H groups in total. The van der Waals surface area contributed by atoms with Crippen molar-refractivity contribution in [3.05, 3.63) is 24.0 Å². The average molecular weight is 230 g/mol. The van der Waals surface area contributed by atoms with Gasteiger partial charge in [-0.25, -0.2) is 4.98 Å². The van der Waals surface area contributed by atoms with Crippen molar-refractivity contribution in [3.63, 3.8) is 0 Å². The van der Waals surface area contributed by atoms with Gasteiger partial charge in [-0.3, -0.25) is 0 Å². The second kappa shape index (κ2) is 4.37. The number of nitrogens with one attached hydrogen (secondary N) is 3. The Bertz CT molecular complexity index is 511. The Balaban J connectivity index is 1.79. The summed E-state index contributed by atoms with van der Waals surface area (Å²) >= 11 is 0. The molecule has 1 fully saturated rings. The Kier molecular flexibility index (Phi) is 2.73. The minimum Gasteiger partial charge on any atom is -0.381 e. The van der Waals surface area contributed by atoms with Gasteiger partial charge < -0.3 is 15.6 Å². The second-order valence-corrected chi connectivity index (χ2v) is 4.74. The van der Waals surface area contributed by atoms with Crippen LogP contribution in [-0.2, 0) is 0 Å². The number of hydrogen-bond donors (Lipinski definition) is 3. The summed E-state index contributed by atoms with van der Waals surface area (Å²) in [6.45, 7) is 4.19. The average Bonchev–Trinajstić information content (AvgIpc) is 2.70. The summed E-state index contributed by atoms with van der Waals surface area (Å²) in [7, 11) is 0. The molecule has 1 aromatic heterocycles. The number of anilines is 1. The van der Waals surface area contributed by atoms with E-state index in [0.29, 0.717) is 6.04 Å². The smallest absolute Gasteiger partial charge is 0.104 e. The Hall–Kier alpha value is -1.55. The van der Waals surface area contributed by atoms with Gasteiger partial charge in [-0.15, -0.1) is 0 Å². The highest BCUT2D eigenvalue weighted by molar-refractivity contribution is 5.79. The van der Waals surface area contributed by atoms with Crippen LogP contribution in [0.25, 0.3) is 11.0 Å². The first-order valence-corrected chi connectivity index (χ1v) is 6.25. The third kappa shape index (κ3) is 2.26. The number of fused-ring (bicyclic) bond motifs is 1. The predicted octanol–water partition coefficient (Wildman–Crippen LogP) is 2.04. The maximum Gasteiger partial charge on any atom is 0.104 e. The highest BCUT2D eigenvalue weighted by atomic mass is 15.0. The summed E-state index contributed by atoms with van der Waals surface area (Å²) in [5.41, 5.74) is 3.32. The summed E-state index contributed by atoms with van der Waals surface area (Å²) in [5, 5.41) is 6.99. The molecule has 1 aliphatic heterocycles. The number of H-pyrrole nitrogens is 1. The fourth-order valence-electron chi connectivity index (χ4n) is 2.44. The monoisotopic (exact) mass is 230 g/mol. The van der Waals surface area contributed by atoms with Crippen LogP contribution >= 0.6 is 0 Å². The van der Waals surface area contributed by atoms with Crippen LogP contribution in [0.15, 0.2) is 18.2 Å². The maximum absolute atomic E-state index is 4.41. The van der Waals surface area contributed by atoms with Gasteiger partial charge in [-0.05, 0) is 44.5 Å². The quantitative estimate of drug-likeness (QED) is 0.740. The van der Waals surface area contributed by atoms with Gasteiger partial charge in [0.15, 0.2) is 0 Å². The molecule has 0 aliphatic carbocycles. The number of aryl methyl sites for hydroxylation is 1. The molecular formula is C13H18N4. The maximum atomic E-state index is 4.41. The van der Waals surface area contributed by atoms with Gasteiger partial charge in [0.25, 0.3) is 0 Å². The summed E-state index contributed by atoms with van der Waals surface area (Å²) < 4.78 is 0. The Morgan fingerprint density at radius 3 is 3.18 bits per heavy atom. The van der Waals surface area contributed by atoms with E-state index in [1.165, 1.54) is 18.5 Å². The summed E-state index contributed by atoms with van der Waals surface area (Å²) in [5.74, 6) is 0.969. The lowest BCUT2D eigenvalue weighted by molar-refractivity contribution is 0.480. The molecule has 1 unspecified atom stereocenters. The third-order valence-electron chi connectivity index (χ3n) is 3.27. The Labute approximate surface area is 101 Å². The van der Waals surface area contributed by atoms with E-state index in [1.807, 2.05) is 6.92 Å². The van der Waals surface area contributed by atoms with Crippen molar-refractivity contribution in [2.75, 3.05) is 18.4 Å². The van der Waals surface area contributed by atoms with Crippen molar-refractivity contribution in [1.82, 2.24) is 15.3 Å². The van der Waals surface area contributed by atoms with Crippen molar-refractivity contribution in [3.8, 4) is 0 Å². The first-order chi connectivity index (χ1) is 8.31. The summed E-state index contributed by atoms with van der Waals surface area (Å²) in [4.78, 5) is 7.67. The van der Waals surface area contributed by atoms with Crippen molar-refractivity contribution in [2.45, 2.75) is 25.8 Å². The van der Waals surface area contributed by atoms with E-state index >= 15 is 0 Å². The summed E-state index contributed by atoms with van der Waals surface area (Å²) in [6, 6.07) is 6.86. The molecule has 2 aromatic rings. The fourth-order valence-corrected chi connectivity index (χ4v) is 2.44. The van der Waals surface area contributed by atoms with Crippen LogP contribution in [0.1, 0.15) is 18.7 Å². The molecule has 3 rings (SSSR count). The molecule has 0 amide bonds. The number of nitrogens with zero attached hydrogens (tertiary/aromatic N) is 1. The van der Waals surface area contributed by atoms with Gasteiger partial charge in [0.05, 0.1) is 11.0 Å². The minimum atomic E-state index is 0.546. The summed E-state index contributed by atoms with van der Waals surface area (Å²) in [6.07, 6.45) is 2.50. The van der Waals surface area contributed by atoms with E-state index in [-0.39, 0.29) is 0 Å². The van der Waals surface area contributed by atoms with Crippen molar-refractivity contribution in [2.24, 2.45) is 0 Å². The molecule has 0 radical (unpaired) electrons. The molecule has 2 heterocycles. The first kappa shape index (κ1) is 10.6. The Morgan fingerprint density at radius 2 is 2.35 bits per heavy atom. The van der Waals surface area contributed by atoms with E-state index in [1.54, 1.807) is 0 Å². The van der Waals surface area contributed by atoms with E-state index in [0.717, 1.165) is 29.9 Å². The fraction of sp³-hybridized carbons (Fsp3) is 0.462. The van der Waals surface area contributed by atoms with Crippen LogP contribution in [0.4, 0.5) is 5.69 Å². The van der Waals surface area contributed by atoms with Crippen LogP contribution in [0, 0.1) is 6.92 Å². The number of aromatic nitrogens is 2. The van der Waals surface area contributed by atoms with E-state index in [2.05, 4.69) is 38.8 Å². The van der Waals surface area contributed by atoms with Crippen molar-refractivity contribution < 1.29 is 0 Å². The van der Waals surface area contributed by atoms with Gasteiger partial charge in [-0.1, -0.05) is 0 Å². The molecule has 4 heteroatoms. The predicted molar refractivity (Wildman–Crippen MR) is 70.3 cm³/mol.